The van der Waals surface area contributed by atoms with Gasteiger partial charge in [0.1, 0.15) is 12.4 Å². The first-order valence-corrected chi connectivity index (χ1v) is 9.71. The second kappa shape index (κ2) is 10.5. The summed E-state index contributed by atoms with van der Waals surface area (Å²) >= 11 is 0. The van der Waals surface area contributed by atoms with Gasteiger partial charge in [-0.1, -0.05) is 13.8 Å². The molecule has 1 aromatic rings. The highest BCUT2D eigenvalue weighted by Gasteiger charge is 2.28. The van der Waals surface area contributed by atoms with Crippen molar-refractivity contribution in [3.63, 3.8) is 0 Å². The Morgan fingerprint density at radius 3 is 2.73 bits per heavy atom. The molecule has 26 heavy (non-hydrogen) atoms. The van der Waals surface area contributed by atoms with Crippen LogP contribution in [-0.2, 0) is 18.3 Å². The van der Waals surface area contributed by atoms with E-state index >= 15 is 0 Å². The third-order valence-corrected chi connectivity index (χ3v) is 5.15. The van der Waals surface area contributed by atoms with Crippen molar-refractivity contribution in [2.45, 2.75) is 46.2 Å². The summed E-state index contributed by atoms with van der Waals surface area (Å²) < 4.78 is 7.15. The van der Waals surface area contributed by atoms with Gasteiger partial charge in [-0.25, -0.2) is 4.99 Å². The number of nitrogens with one attached hydrogen (secondary N) is 1. The van der Waals surface area contributed by atoms with Gasteiger partial charge in [-0.15, -0.1) is 10.2 Å². The first kappa shape index (κ1) is 20.6. The van der Waals surface area contributed by atoms with E-state index in [0.29, 0.717) is 12.6 Å². The lowest BCUT2D eigenvalue weighted by molar-refractivity contribution is 0.195. The number of rotatable bonds is 9. The molecule has 1 saturated heterocycles. The maximum absolute atomic E-state index is 5.15. The van der Waals surface area contributed by atoms with Gasteiger partial charge in [0, 0.05) is 46.4 Å². The maximum atomic E-state index is 5.15. The molecule has 2 heterocycles. The number of aromatic nitrogens is 3. The number of guanidine groups is 1. The molecule has 148 valence electrons. The van der Waals surface area contributed by atoms with Crippen molar-refractivity contribution in [3.8, 4) is 0 Å². The Hall–Kier alpha value is -1.67. The van der Waals surface area contributed by atoms with Crippen molar-refractivity contribution in [1.82, 2.24) is 29.9 Å². The average Bonchev–Trinajstić information content (AvgIpc) is 3.24. The van der Waals surface area contributed by atoms with E-state index in [1.807, 2.05) is 18.5 Å². The van der Waals surface area contributed by atoms with Gasteiger partial charge >= 0.3 is 0 Å². The van der Waals surface area contributed by atoms with E-state index in [-0.39, 0.29) is 0 Å². The van der Waals surface area contributed by atoms with E-state index in [0.717, 1.165) is 63.4 Å². The molecular weight excluding hydrogens is 330 g/mol. The summed E-state index contributed by atoms with van der Waals surface area (Å²) in [6.45, 7) is 12.8. The average molecular weight is 366 g/mol. The molecule has 1 aromatic heterocycles. The number of ether oxygens (including phenoxy) is 1. The van der Waals surface area contributed by atoms with E-state index in [1.165, 1.54) is 6.42 Å². The van der Waals surface area contributed by atoms with Crippen molar-refractivity contribution in [3.05, 3.63) is 11.6 Å². The van der Waals surface area contributed by atoms with Gasteiger partial charge in [-0.05, 0) is 32.9 Å². The molecule has 0 bridgehead atoms. The Bertz CT molecular complexity index is 568. The van der Waals surface area contributed by atoms with Gasteiger partial charge in [0.05, 0.1) is 0 Å². The maximum Gasteiger partial charge on any atom is 0.194 e. The zero-order valence-corrected chi connectivity index (χ0v) is 17.0. The highest BCUT2D eigenvalue weighted by molar-refractivity contribution is 5.80. The normalized spacial score (nSPS) is 18.2. The Balaban J connectivity index is 2.03. The molecule has 1 atom stereocenters. The highest BCUT2D eigenvalue weighted by atomic mass is 16.5. The van der Waals surface area contributed by atoms with Gasteiger partial charge in [0.15, 0.2) is 11.8 Å². The minimum Gasteiger partial charge on any atom is -0.385 e. The van der Waals surface area contributed by atoms with Crippen LogP contribution in [0.2, 0.25) is 0 Å². The first-order chi connectivity index (χ1) is 12.6. The second-order valence-corrected chi connectivity index (χ2v) is 6.75. The molecule has 0 spiro atoms. The van der Waals surface area contributed by atoms with Crippen molar-refractivity contribution < 1.29 is 4.74 Å². The van der Waals surface area contributed by atoms with Crippen LogP contribution in [-0.4, -0.2) is 83.0 Å². The predicted molar refractivity (Wildman–Crippen MR) is 104 cm³/mol. The molecule has 0 amide bonds. The summed E-state index contributed by atoms with van der Waals surface area (Å²) in [5.41, 5.74) is 0. The van der Waals surface area contributed by atoms with Crippen molar-refractivity contribution >= 4 is 5.96 Å². The van der Waals surface area contributed by atoms with Gasteiger partial charge in [-0.3, -0.25) is 4.90 Å². The quantitative estimate of drug-likeness (QED) is 0.400. The summed E-state index contributed by atoms with van der Waals surface area (Å²) in [4.78, 5) is 9.75. The standard InChI is InChI=1S/C18H35N7O/c1-6-24(7-2)16-9-11-25(14-16)18(19-10-8-12-26-5)20-13-17-22-21-15(3)23(17)4/h16H,6-14H2,1-5H3,(H,19,20). The first-order valence-electron chi connectivity index (χ1n) is 9.71. The largest absolute Gasteiger partial charge is 0.385 e. The lowest BCUT2D eigenvalue weighted by Gasteiger charge is -2.27. The number of aryl methyl sites for hydroxylation is 1. The Kier molecular flexibility index (Phi) is 8.31. The summed E-state index contributed by atoms with van der Waals surface area (Å²) in [6.07, 6.45) is 2.15. The van der Waals surface area contributed by atoms with Crippen molar-refractivity contribution in [2.75, 3.05) is 46.4 Å². The third kappa shape index (κ3) is 5.41. The fraction of sp³-hybridized carbons (Fsp3) is 0.833. The Morgan fingerprint density at radius 1 is 1.35 bits per heavy atom. The van der Waals surface area contributed by atoms with Crippen LogP contribution in [0.15, 0.2) is 4.99 Å². The molecule has 2 rings (SSSR count). The van der Waals surface area contributed by atoms with Gasteiger partial charge in [0.25, 0.3) is 0 Å². The molecule has 1 fully saturated rings. The van der Waals surface area contributed by atoms with E-state index in [4.69, 9.17) is 9.73 Å². The number of hydrogen-bond acceptors (Lipinski definition) is 5. The topological polar surface area (TPSA) is 70.8 Å². The zero-order chi connectivity index (χ0) is 18.9. The molecule has 0 aromatic carbocycles. The molecule has 0 aliphatic carbocycles. The summed E-state index contributed by atoms with van der Waals surface area (Å²) in [7, 11) is 3.72. The van der Waals surface area contributed by atoms with Crippen LogP contribution in [0.25, 0.3) is 0 Å². The van der Waals surface area contributed by atoms with Crippen molar-refractivity contribution in [1.29, 1.82) is 0 Å². The number of aliphatic imine (C=N–C) groups is 1. The molecule has 8 nitrogen and oxygen atoms in total. The van der Waals surface area contributed by atoms with Gasteiger partial charge in [0.2, 0.25) is 0 Å². The fourth-order valence-electron chi connectivity index (χ4n) is 3.39. The summed E-state index contributed by atoms with van der Waals surface area (Å²) in [5, 5.41) is 11.9. The van der Waals surface area contributed by atoms with E-state index in [9.17, 15) is 0 Å². The van der Waals surface area contributed by atoms with E-state index < -0.39 is 0 Å². The minimum atomic E-state index is 0.538. The van der Waals surface area contributed by atoms with Crippen LogP contribution in [0.5, 0.6) is 0 Å². The van der Waals surface area contributed by atoms with Gasteiger partial charge < -0.3 is 19.5 Å². The monoisotopic (exact) mass is 365 g/mol. The molecule has 0 radical (unpaired) electrons. The number of likely N-dealkylation sites (tertiary alicyclic amines) is 1. The lowest BCUT2D eigenvalue weighted by atomic mass is 10.2. The minimum absolute atomic E-state index is 0.538. The molecule has 1 unspecified atom stereocenters. The van der Waals surface area contributed by atoms with Crippen molar-refractivity contribution in [2.24, 2.45) is 12.0 Å². The predicted octanol–water partition coefficient (Wildman–Crippen LogP) is 1.02. The van der Waals surface area contributed by atoms with Crippen LogP contribution in [0.3, 0.4) is 0 Å². The molecule has 8 heteroatoms. The summed E-state index contributed by atoms with van der Waals surface area (Å²) in [5.74, 6) is 2.77. The smallest absolute Gasteiger partial charge is 0.194 e. The number of nitrogens with zero attached hydrogens (tertiary/aromatic N) is 6. The van der Waals surface area contributed by atoms with Crippen LogP contribution < -0.4 is 5.32 Å². The van der Waals surface area contributed by atoms with Crippen LogP contribution in [0, 0.1) is 6.92 Å². The Labute approximate surface area is 157 Å². The molecule has 1 aliphatic heterocycles. The van der Waals surface area contributed by atoms with Gasteiger partial charge in [-0.2, -0.15) is 0 Å². The Morgan fingerprint density at radius 2 is 2.12 bits per heavy atom. The van der Waals surface area contributed by atoms with E-state index in [1.54, 1.807) is 7.11 Å². The molecular formula is C18H35N7O. The van der Waals surface area contributed by atoms with E-state index in [2.05, 4.69) is 39.2 Å². The SMILES string of the molecule is CCN(CC)C1CCN(C(=NCc2nnc(C)n2C)NCCCOC)C1. The van der Waals surface area contributed by atoms with Crippen LogP contribution >= 0.6 is 0 Å². The number of likely N-dealkylation sites (N-methyl/N-ethyl adjacent to an activating group) is 1. The lowest BCUT2D eigenvalue weighted by Crippen LogP contribution is -2.43. The summed E-state index contributed by atoms with van der Waals surface area (Å²) in [6, 6.07) is 0.605. The van der Waals surface area contributed by atoms with Crippen LogP contribution in [0.1, 0.15) is 38.3 Å². The fourth-order valence-corrected chi connectivity index (χ4v) is 3.39. The second-order valence-electron chi connectivity index (χ2n) is 6.75. The number of methoxy groups -OCH3 is 1. The highest BCUT2D eigenvalue weighted by Crippen LogP contribution is 2.16. The molecule has 0 saturated carbocycles. The zero-order valence-electron chi connectivity index (χ0n) is 17.0. The molecule has 1 N–H and O–H groups in total. The third-order valence-electron chi connectivity index (χ3n) is 5.15. The molecule has 1 aliphatic rings. The number of hydrogen-bond donors (Lipinski definition) is 1. The van der Waals surface area contributed by atoms with Crippen LogP contribution in [0.4, 0.5) is 0 Å².